The summed E-state index contributed by atoms with van der Waals surface area (Å²) in [6.45, 7) is 0. The van der Waals surface area contributed by atoms with E-state index in [1.54, 1.807) is 24.3 Å². The number of hydrogen-bond acceptors (Lipinski definition) is 2. The van der Waals surface area contributed by atoms with Gasteiger partial charge in [-0.15, -0.1) is 0 Å². The molecule has 6 heteroatoms. The molecule has 0 heterocycles. The summed E-state index contributed by atoms with van der Waals surface area (Å²) in [6.07, 6.45) is 0. The third kappa shape index (κ3) is 3.09. The van der Waals surface area contributed by atoms with Crippen molar-refractivity contribution in [3.8, 4) is 0 Å². The van der Waals surface area contributed by atoms with E-state index in [-0.39, 0.29) is 5.82 Å². The molecule has 0 radical (unpaired) electrons. The Bertz CT molecular complexity index is 605. The maximum absolute atomic E-state index is 13.4. The van der Waals surface area contributed by atoms with Gasteiger partial charge >= 0.3 is 0 Å². The monoisotopic (exact) mass is 362 g/mol. The summed E-state index contributed by atoms with van der Waals surface area (Å²) in [7, 11) is 0. The fourth-order valence-corrected chi connectivity index (χ4v) is 2.72. The summed E-state index contributed by atoms with van der Waals surface area (Å²) in [5.74, 6) is 5.23. The first kappa shape index (κ1) is 14.8. The predicted molar refractivity (Wildman–Crippen MR) is 79.7 cm³/mol. The Morgan fingerprint density at radius 3 is 2.58 bits per heavy atom. The highest BCUT2D eigenvalue weighted by atomic mass is 79.9. The Balaban J connectivity index is 2.56. The molecule has 0 aliphatic heterocycles. The minimum atomic E-state index is -0.462. The van der Waals surface area contributed by atoms with E-state index in [2.05, 4.69) is 21.4 Å². The average Bonchev–Trinajstić information content (AvgIpc) is 2.39. The van der Waals surface area contributed by atoms with Gasteiger partial charge in [-0.25, -0.2) is 9.82 Å². The molecule has 0 aliphatic rings. The number of hydrazine groups is 1. The maximum Gasteiger partial charge on any atom is 0.123 e. The lowest BCUT2D eigenvalue weighted by atomic mass is 9.99. The fraction of sp³-hybridized carbons (Fsp3) is 0.0769. The molecule has 1 atom stereocenters. The topological polar surface area (TPSA) is 38.0 Å². The maximum atomic E-state index is 13.4. The first-order valence-corrected chi connectivity index (χ1v) is 6.94. The second-order valence-electron chi connectivity index (χ2n) is 3.91. The van der Waals surface area contributed by atoms with Crippen LogP contribution in [0.3, 0.4) is 0 Å². The summed E-state index contributed by atoms with van der Waals surface area (Å²) >= 11 is 15.5. The number of rotatable bonds is 3. The van der Waals surface area contributed by atoms with Crippen LogP contribution < -0.4 is 11.3 Å². The van der Waals surface area contributed by atoms with Crippen molar-refractivity contribution in [2.24, 2.45) is 5.84 Å². The third-order valence-corrected chi connectivity index (χ3v) is 4.28. The standard InChI is InChI=1S/C13H10BrCl2FN2/c14-10-5-4-7(17)6-9(10)13(19-18)8-2-1-3-11(15)12(8)16/h1-6,13,19H,18H2. The van der Waals surface area contributed by atoms with E-state index in [0.29, 0.717) is 21.2 Å². The van der Waals surface area contributed by atoms with Crippen LogP contribution in [0.5, 0.6) is 0 Å². The largest absolute Gasteiger partial charge is 0.271 e. The summed E-state index contributed by atoms with van der Waals surface area (Å²) in [5, 5.41) is 0.815. The predicted octanol–water partition coefficient (Wildman–Crippen LogP) is 4.45. The SMILES string of the molecule is NNC(c1cc(F)ccc1Br)c1cccc(Cl)c1Cl. The van der Waals surface area contributed by atoms with Crippen molar-refractivity contribution in [2.75, 3.05) is 0 Å². The van der Waals surface area contributed by atoms with Crippen LogP contribution in [0, 0.1) is 5.82 Å². The molecule has 0 fully saturated rings. The van der Waals surface area contributed by atoms with Gasteiger partial charge in [0.1, 0.15) is 5.82 Å². The van der Waals surface area contributed by atoms with E-state index in [1.165, 1.54) is 12.1 Å². The van der Waals surface area contributed by atoms with Gasteiger partial charge in [-0.2, -0.15) is 0 Å². The molecule has 0 saturated heterocycles. The number of nitrogens with two attached hydrogens (primary N) is 1. The van der Waals surface area contributed by atoms with Crippen LogP contribution in [0.25, 0.3) is 0 Å². The van der Waals surface area contributed by atoms with Gasteiger partial charge in [-0.1, -0.05) is 51.3 Å². The number of hydrogen-bond donors (Lipinski definition) is 2. The third-order valence-electron chi connectivity index (χ3n) is 2.73. The van der Waals surface area contributed by atoms with Crippen molar-refractivity contribution < 1.29 is 4.39 Å². The lowest BCUT2D eigenvalue weighted by Gasteiger charge is -2.20. The molecular formula is C13H10BrCl2FN2. The van der Waals surface area contributed by atoms with Crippen molar-refractivity contribution in [3.05, 3.63) is 67.9 Å². The molecule has 2 aromatic carbocycles. The highest BCUT2D eigenvalue weighted by Crippen LogP contribution is 2.35. The van der Waals surface area contributed by atoms with Crippen molar-refractivity contribution in [1.29, 1.82) is 0 Å². The molecule has 0 saturated carbocycles. The molecule has 0 amide bonds. The smallest absolute Gasteiger partial charge is 0.123 e. The summed E-state index contributed by atoms with van der Waals surface area (Å²) in [5.41, 5.74) is 3.96. The van der Waals surface area contributed by atoms with Gasteiger partial charge in [0.2, 0.25) is 0 Å². The Hall–Kier alpha value is -0.650. The summed E-state index contributed by atoms with van der Waals surface area (Å²) in [4.78, 5) is 0. The van der Waals surface area contributed by atoms with Gasteiger partial charge in [-0.3, -0.25) is 5.84 Å². The first-order valence-electron chi connectivity index (χ1n) is 5.39. The Morgan fingerprint density at radius 2 is 1.89 bits per heavy atom. The van der Waals surface area contributed by atoms with E-state index >= 15 is 0 Å². The molecule has 0 bridgehead atoms. The van der Waals surface area contributed by atoms with E-state index in [1.807, 2.05) is 0 Å². The van der Waals surface area contributed by atoms with E-state index < -0.39 is 6.04 Å². The zero-order valence-corrected chi connectivity index (χ0v) is 12.7. The molecule has 2 aromatic rings. The van der Waals surface area contributed by atoms with Gasteiger partial charge in [0.05, 0.1) is 16.1 Å². The van der Waals surface area contributed by atoms with Gasteiger partial charge < -0.3 is 0 Å². The zero-order chi connectivity index (χ0) is 14.0. The minimum absolute atomic E-state index is 0.350. The molecule has 3 N–H and O–H groups in total. The van der Waals surface area contributed by atoms with Crippen LogP contribution in [0.1, 0.15) is 17.2 Å². The van der Waals surface area contributed by atoms with E-state index in [0.717, 1.165) is 4.47 Å². The molecule has 2 rings (SSSR count). The van der Waals surface area contributed by atoms with E-state index in [9.17, 15) is 4.39 Å². The van der Waals surface area contributed by atoms with Crippen LogP contribution in [0.2, 0.25) is 10.0 Å². The fourth-order valence-electron chi connectivity index (χ4n) is 1.83. The normalized spacial score (nSPS) is 12.5. The number of halogens is 4. The van der Waals surface area contributed by atoms with Crippen LogP contribution in [0.4, 0.5) is 4.39 Å². The van der Waals surface area contributed by atoms with Gasteiger partial charge in [0, 0.05) is 4.47 Å². The molecule has 19 heavy (non-hydrogen) atoms. The van der Waals surface area contributed by atoms with Crippen LogP contribution in [-0.4, -0.2) is 0 Å². The Morgan fingerprint density at radius 1 is 1.16 bits per heavy atom. The van der Waals surface area contributed by atoms with Crippen molar-refractivity contribution >= 4 is 39.1 Å². The molecule has 0 aliphatic carbocycles. The second kappa shape index (κ2) is 6.20. The highest BCUT2D eigenvalue weighted by molar-refractivity contribution is 9.10. The number of nitrogens with one attached hydrogen (secondary N) is 1. The van der Waals surface area contributed by atoms with Crippen LogP contribution in [-0.2, 0) is 0 Å². The van der Waals surface area contributed by atoms with Gasteiger partial charge in [-0.05, 0) is 35.4 Å². The van der Waals surface area contributed by atoms with Gasteiger partial charge in [0.15, 0.2) is 0 Å². The molecular weight excluding hydrogens is 354 g/mol. The highest BCUT2D eigenvalue weighted by Gasteiger charge is 2.19. The van der Waals surface area contributed by atoms with Crippen LogP contribution in [0.15, 0.2) is 40.9 Å². The Labute approximate surface area is 128 Å². The lowest BCUT2D eigenvalue weighted by molar-refractivity contribution is 0.603. The molecule has 1 unspecified atom stereocenters. The van der Waals surface area contributed by atoms with Crippen molar-refractivity contribution in [1.82, 2.24) is 5.43 Å². The van der Waals surface area contributed by atoms with E-state index in [4.69, 9.17) is 29.0 Å². The molecule has 100 valence electrons. The average molecular weight is 364 g/mol. The summed E-state index contributed by atoms with van der Waals surface area (Å²) < 4.78 is 14.1. The first-order chi connectivity index (χ1) is 9.04. The summed E-state index contributed by atoms with van der Waals surface area (Å²) in [6, 6.07) is 9.15. The lowest BCUT2D eigenvalue weighted by Crippen LogP contribution is -2.29. The number of benzene rings is 2. The second-order valence-corrected chi connectivity index (χ2v) is 5.55. The Kier molecular flexibility index (Phi) is 4.81. The molecule has 0 spiro atoms. The van der Waals surface area contributed by atoms with Gasteiger partial charge in [0.25, 0.3) is 0 Å². The molecule has 0 aromatic heterocycles. The zero-order valence-electron chi connectivity index (χ0n) is 9.63. The van der Waals surface area contributed by atoms with Crippen LogP contribution >= 0.6 is 39.1 Å². The minimum Gasteiger partial charge on any atom is -0.271 e. The van der Waals surface area contributed by atoms with Crippen molar-refractivity contribution in [2.45, 2.75) is 6.04 Å². The molecule has 2 nitrogen and oxygen atoms in total. The van der Waals surface area contributed by atoms with Crippen molar-refractivity contribution in [3.63, 3.8) is 0 Å². The quantitative estimate of drug-likeness (QED) is 0.624.